The Morgan fingerprint density at radius 1 is 0.893 bits per heavy atom. The first kappa shape index (κ1) is 21.2. The summed E-state index contributed by atoms with van der Waals surface area (Å²) in [5.74, 6) is 1.14. The van der Waals surface area contributed by atoms with Crippen molar-refractivity contribution < 1.29 is 23.8 Å². The van der Waals surface area contributed by atoms with Crippen LogP contribution in [0.5, 0.6) is 11.5 Å². The topological polar surface area (TPSA) is 85.9 Å². The van der Waals surface area contributed by atoms with Crippen LogP contribution in [0.4, 0.5) is 5.69 Å². The zero-order valence-corrected chi connectivity index (χ0v) is 16.2. The second kappa shape index (κ2) is 11.6. The second-order valence-electron chi connectivity index (χ2n) is 6.00. The number of carbonyl (C=O) groups is 2. The van der Waals surface area contributed by atoms with Gasteiger partial charge in [0.1, 0.15) is 18.1 Å². The fourth-order valence-electron chi connectivity index (χ4n) is 2.40. The number of methoxy groups -OCH3 is 2. The Bertz CT molecular complexity index is 744. The molecule has 0 saturated heterocycles. The molecule has 2 aromatic rings. The van der Waals surface area contributed by atoms with Crippen LogP contribution in [0.1, 0.15) is 23.2 Å². The van der Waals surface area contributed by atoms with Gasteiger partial charge in [0.05, 0.1) is 13.7 Å². The summed E-state index contributed by atoms with van der Waals surface area (Å²) in [5.41, 5.74) is 1.25. The summed E-state index contributed by atoms with van der Waals surface area (Å²) in [7, 11) is 3.19. The van der Waals surface area contributed by atoms with E-state index in [1.54, 1.807) is 62.8 Å². The maximum atomic E-state index is 12.0. The van der Waals surface area contributed by atoms with Gasteiger partial charge in [-0.15, -0.1) is 0 Å². The van der Waals surface area contributed by atoms with Gasteiger partial charge in [-0.05, 0) is 55.0 Å². The summed E-state index contributed by atoms with van der Waals surface area (Å²) in [5, 5.41) is 5.62. The lowest BCUT2D eigenvalue weighted by Gasteiger charge is -2.09. The van der Waals surface area contributed by atoms with E-state index in [1.807, 2.05) is 0 Å². The molecule has 7 heteroatoms. The van der Waals surface area contributed by atoms with Crippen molar-refractivity contribution in [1.82, 2.24) is 5.32 Å². The van der Waals surface area contributed by atoms with E-state index in [-0.39, 0.29) is 11.8 Å². The van der Waals surface area contributed by atoms with Crippen LogP contribution in [-0.2, 0) is 9.53 Å². The molecule has 0 atom stereocenters. The standard InChI is InChI=1S/C21H26N2O5/c1-26-14-15-28-19-11-7-17(8-12-19)23-20(24)4-3-13-22-21(25)16-5-9-18(27-2)10-6-16/h5-12H,3-4,13-15H2,1-2H3,(H,22,25)(H,23,24). The van der Waals surface area contributed by atoms with Crippen LogP contribution < -0.4 is 20.1 Å². The zero-order chi connectivity index (χ0) is 20.2. The minimum Gasteiger partial charge on any atom is -0.497 e. The van der Waals surface area contributed by atoms with Gasteiger partial charge in [0.25, 0.3) is 5.91 Å². The molecule has 0 heterocycles. The molecule has 28 heavy (non-hydrogen) atoms. The molecule has 0 aliphatic carbocycles. The number of hydrogen-bond acceptors (Lipinski definition) is 5. The largest absolute Gasteiger partial charge is 0.497 e. The van der Waals surface area contributed by atoms with E-state index in [0.717, 1.165) is 5.75 Å². The zero-order valence-electron chi connectivity index (χ0n) is 16.2. The van der Waals surface area contributed by atoms with E-state index >= 15 is 0 Å². The highest BCUT2D eigenvalue weighted by atomic mass is 16.5. The highest BCUT2D eigenvalue weighted by molar-refractivity contribution is 5.94. The third-order valence-corrected chi connectivity index (χ3v) is 3.91. The molecule has 0 fully saturated rings. The number of rotatable bonds is 11. The van der Waals surface area contributed by atoms with Crippen LogP contribution in [-0.4, -0.2) is 45.8 Å². The molecular weight excluding hydrogens is 360 g/mol. The first-order valence-electron chi connectivity index (χ1n) is 9.06. The predicted octanol–water partition coefficient (Wildman–Crippen LogP) is 2.87. The second-order valence-corrected chi connectivity index (χ2v) is 6.00. The number of benzene rings is 2. The maximum absolute atomic E-state index is 12.0. The molecule has 0 aliphatic rings. The number of anilines is 1. The lowest BCUT2D eigenvalue weighted by molar-refractivity contribution is -0.116. The third kappa shape index (κ3) is 7.28. The van der Waals surface area contributed by atoms with Crippen LogP contribution in [0.25, 0.3) is 0 Å². The molecule has 0 radical (unpaired) electrons. The summed E-state index contributed by atoms with van der Waals surface area (Å²) in [6.45, 7) is 1.42. The van der Waals surface area contributed by atoms with Gasteiger partial charge in [-0.3, -0.25) is 9.59 Å². The Kier molecular flexibility index (Phi) is 8.81. The van der Waals surface area contributed by atoms with Gasteiger partial charge in [-0.1, -0.05) is 0 Å². The average molecular weight is 386 g/mol. The Labute approximate surface area is 165 Å². The van der Waals surface area contributed by atoms with Gasteiger partial charge in [0, 0.05) is 31.3 Å². The van der Waals surface area contributed by atoms with Crippen molar-refractivity contribution in [2.24, 2.45) is 0 Å². The normalized spacial score (nSPS) is 10.2. The fourth-order valence-corrected chi connectivity index (χ4v) is 2.40. The van der Waals surface area contributed by atoms with Crippen LogP contribution >= 0.6 is 0 Å². The minimum atomic E-state index is -0.174. The molecule has 0 aromatic heterocycles. The predicted molar refractivity (Wildman–Crippen MR) is 107 cm³/mol. The van der Waals surface area contributed by atoms with Gasteiger partial charge in [0.15, 0.2) is 0 Å². The molecule has 0 bridgehead atoms. The molecule has 0 aliphatic heterocycles. The lowest BCUT2D eigenvalue weighted by Crippen LogP contribution is -2.25. The van der Waals surface area contributed by atoms with Crippen LogP contribution in [0.3, 0.4) is 0 Å². The van der Waals surface area contributed by atoms with E-state index in [9.17, 15) is 9.59 Å². The van der Waals surface area contributed by atoms with Crippen molar-refractivity contribution in [3.8, 4) is 11.5 Å². The molecule has 2 N–H and O–H groups in total. The number of hydrogen-bond donors (Lipinski definition) is 2. The van der Waals surface area contributed by atoms with Gasteiger partial charge in [0.2, 0.25) is 5.91 Å². The monoisotopic (exact) mass is 386 g/mol. The van der Waals surface area contributed by atoms with Crippen molar-refractivity contribution in [3.63, 3.8) is 0 Å². The molecule has 2 rings (SSSR count). The van der Waals surface area contributed by atoms with E-state index in [1.165, 1.54) is 0 Å². The Morgan fingerprint density at radius 2 is 1.57 bits per heavy atom. The number of ether oxygens (including phenoxy) is 3. The molecule has 7 nitrogen and oxygen atoms in total. The molecule has 0 unspecified atom stereocenters. The smallest absolute Gasteiger partial charge is 0.251 e. The van der Waals surface area contributed by atoms with E-state index in [2.05, 4.69) is 10.6 Å². The molecule has 0 saturated carbocycles. The summed E-state index contributed by atoms with van der Waals surface area (Å²) < 4.78 is 15.5. The molecule has 0 spiro atoms. The summed E-state index contributed by atoms with van der Waals surface area (Å²) in [4.78, 5) is 24.0. The Hall–Kier alpha value is -3.06. The van der Waals surface area contributed by atoms with Crippen LogP contribution in [0.15, 0.2) is 48.5 Å². The molecule has 2 aromatic carbocycles. The van der Waals surface area contributed by atoms with E-state index < -0.39 is 0 Å². The van der Waals surface area contributed by atoms with Crippen molar-refractivity contribution in [3.05, 3.63) is 54.1 Å². The van der Waals surface area contributed by atoms with Crippen molar-refractivity contribution in [2.75, 3.05) is 39.3 Å². The molecule has 2 amide bonds. The quantitative estimate of drug-likeness (QED) is 0.580. The number of nitrogens with one attached hydrogen (secondary N) is 2. The van der Waals surface area contributed by atoms with Gasteiger partial charge in [-0.2, -0.15) is 0 Å². The summed E-state index contributed by atoms with van der Waals surface area (Å²) in [6, 6.07) is 14.0. The Morgan fingerprint density at radius 3 is 2.21 bits per heavy atom. The maximum Gasteiger partial charge on any atom is 0.251 e. The average Bonchev–Trinajstić information content (AvgIpc) is 2.72. The fraction of sp³-hybridized carbons (Fsp3) is 0.333. The van der Waals surface area contributed by atoms with Gasteiger partial charge in [-0.25, -0.2) is 0 Å². The van der Waals surface area contributed by atoms with Crippen LogP contribution in [0.2, 0.25) is 0 Å². The first-order chi connectivity index (χ1) is 13.6. The van der Waals surface area contributed by atoms with Crippen molar-refractivity contribution in [1.29, 1.82) is 0 Å². The minimum absolute atomic E-state index is 0.105. The Balaban J connectivity index is 1.65. The van der Waals surface area contributed by atoms with E-state index in [0.29, 0.717) is 49.6 Å². The molecule has 150 valence electrons. The lowest BCUT2D eigenvalue weighted by atomic mass is 10.2. The first-order valence-corrected chi connectivity index (χ1v) is 9.06. The number of carbonyl (C=O) groups excluding carboxylic acids is 2. The SMILES string of the molecule is COCCOc1ccc(NC(=O)CCCNC(=O)c2ccc(OC)cc2)cc1. The van der Waals surface area contributed by atoms with Gasteiger partial charge >= 0.3 is 0 Å². The summed E-state index contributed by atoms with van der Waals surface area (Å²) in [6.07, 6.45) is 0.862. The van der Waals surface area contributed by atoms with Crippen molar-refractivity contribution >= 4 is 17.5 Å². The number of amides is 2. The molecular formula is C21H26N2O5. The van der Waals surface area contributed by atoms with Crippen molar-refractivity contribution in [2.45, 2.75) is 12.8 Å². The van der Waals surface area contributed by atoms with Crippen LogP contribution in [0, 0.1) is 0 Å². The highest BCUT2D eigenvalue weighted by Gasteiger charge is 2.07. The third-order valence-electron chi connectivity index (χ3n) is 3.91. The summed E-state index contributed by atoms with van der Waals surface area (Å²) >= 11 is 0. The van der Waals surface area contributed by atoms with E-state index in [4.69, 9.17) is 14.2 Å². The van der Waals surface area contributed by atoms with Gasteiger partial charge < -0.3 is 24.8 Å². The highest BCUT2D eigenvalue weighted by Crippen LogP contribution is 2.16.